The molecule has 3 rings (SSSR count). The minimum Gasteiger partial charge on any atom is -0.346 e. The zero-order chi connectivity index (χ0) is 21.7. The van der Waals surface area contributed by atoms with Crippen LogP contribution >= 0.6 is 0 Å². The number of carbonyl (C=O) groups excluding carboxylic acids is 1. The van der Waals surface area contributed by atoms with Gasteiger partial charge in [-0.3, -0.25) is 4.79 Å². The van der Waals surface area contributed by atoms with Gasteiger partial charge in [-0.1, -0.05) is 50.1 Å². The Bertz CT molecular complexity index is 976. The molecule has 30 heavy (non-hydrogen) atoms. The highest BCUT2D eigenvalue weighted by atomic mass is 32.2. The molecule has 2 aromatic rings. The highest BCUT2D eigenvalue weighted by Gasteiger charge is 2.26. The normalized spacial score (nSPS) is 16.6. The zero-order valence-corrected chi connectivity index (χ0v) is 19.0. The molecule has 1 heterocycles. The van der Waals surface area contributed by atoms with Crippen molar-refractivity contribution in [1.29, 1.82) is 0 Å². The smallest absolute Gasteiger partial charge is 0.252 e. The zero-order valence-electron chi connectivity index (χ0n) is 18.1. The van der Waals surface area contributed by atoms with E-state index in [0.29, 0.717) is 18.7 Å². The second kappa shape index (κ2) is 9.75. The maximum atomic E-state index is 13.1. The number of amides is 1. The van der Waals surface area contributed by atoms with Crippen LogP contribution in [-0.4, -0.2) is 31.7 Å². The molecule has 0 bridgehead atoms. The van der Waals surface area contributed by atoms with Gasteiger partial charge < -0.3 is 5.32 Å². The van der Waals surface area contributed by atoms with Crippen molar-refractivity contribution in [2.24, 2.45) is 0 Å². The number of hydrogen-bond donors (Lipinski definition) is 1. The molecule has 1 fully saturated rings. The monoisotopic (exact) mass is 428 g/mol. The Kier molecular flexibility index (Phi) is 7.32. The third-order valence-corrected chi connectivity index (χ3v) is 7.79. The van der Waals surface area contributed by atoms with Crippen molar-refractivity contribution in [3.05, 3.63) is 64.7 Å². The second-order valence-electron chi connectivity index (χ2n) is 8.09. The first-order valence-electron chi connectivity index (χ1n) is 10.8. The van der Waals surface area contributed by atoms with Gasteiger partial charge in [0.15, 0.2) is 0 Å². The SMILES string of the molecule is CCc1ccc(C(C)NC(=O)c2cc(S(=O)(=O)N3CCCCCC3)ccc2C)cc1. The van der Waals surface area contributed by atoms with Crippen molar-refractivity contribution in [2.45, 2.75) is 63.8 Å². The van der Waals surface area contributed by atoms with Gasteiger partial charge in [-0.25, -0.2) is 8.42 Å². The molecule has 1 aliphatic rings. The number of carbonyl (C=O) groups is 1. The van der Waals surface area contributed by atoms with Crippen LogP contribution < -0.4 is 5.32 Å². The topological polar surface area (TPSA) is 66.5 Å². The lowest BCUT2D eigenvalue weighted by molar-refractivity contribution is 0.0939. The van der Waals surface area contributed by atoms with Crippen molar-refractivity contribution in [1.82, 2.24) is 9.62 Å². The van der Waals surface area contributed by atoms with Crippen LogP contribution in [0.5, 0.6) is 0 Å². The summed E-state index contributed by atoms with van der Waals surface area (Å²) < 4.78 is 27.8. The van der Waals surface area contributed by atoms with E-state index in [4.69, 9.17) is 0 Å². The first-order chi connectivity index (χ1) is 14.3. The molecule has 2 aromatic carbocycles. The van der Waals surface area contributed by atoms with E-state index in [-0.39, 0.29) is 16.8 Å². The van der Waals surface area contributed by atoms with E-state index >= 15 is 0 Å². The average Bonchev–Trinajstić information content (AvgIpc) is 3.04. The second-order valence-corrected chi connectivity index (χ2v) is 10.0. The van der Waals surface area contributed by atoms with Gasteiger partial charge in [0.2, 0.25) is 10.0 Å². The van der Waals surface area contributed by atoms with Crippen LogP contribution in [0, 0.1) is 6.92 Å². The Balaban J connectivity index is 1.80. The Labute approximate surface area is 180 Å². The predicted molar refractivity (Wildman–Crippen MR) is 120 cm³/mol. The van der Waals surface area contributed by atoms with Gasteiger partial charge in [0.25, 0.3) is 5.91 Å². The fraction of sp³-hybridized carbons (Fsp3) is 0.458. The summed E-state index contributed by atoms with van der Waals surface area (Å²) in [6.07, 6.45) is 4.85. The van der Waals surface area contributed by atoms with Crippen LogP contribution in [0.4, 0.5) is 0 Å². The lowest BCUT2D eigenvalue weighted by Crippen LogP contribution is -2.32. The van der Waals surface area contributed by atoms with E-state index in [0.717, 1.165) is 43.2 Å². The number of nitrogens with zero attached hydrogens (tertiary/aromatic N) is 1. The van der Waals surface area contributed by atoms with Crippen molar-refractivity contribution < 1.29 is 13.2 Å². The van der Waals surface area contributed by atoms with Crippen LogP contribution in [0.3, 0.4) is 0 Å². The first kappa shape index (κ1) is 22.5. The Morgan fingerprint density at radius 3 is 2.27 bits per heavy atom. The summed E-state index contributed by atoms with van der Waals surface area (Å²) in [5.74, 6) is -0.257. The maximum absolute atomic E-state index is 13.1. The van der Waals surface area contributed by atoms with Crippen molar-refractivity contribution in [2.75, 3.05) is 13.1 Å². The van der Waals surface area contributed by atoms with Gasteiger partial charge in [-0.05, 0) is 61.9 Å². The molecule has 0 aliphatic carbocycles. The molecular weight excluding hydrogens is 396 g/mol. The largest absolute Gasteiger partial charge is 0.346 e. The summed E-state index contributed by atoms with van der Waals surface area (Å²) in [5.41, 5.74) is 3.44. The summed E-state index contributed by atoms with van der Waals surface area (Å²) in [6.45, 7) is 6.96. The first-order valence-corrected chi connectivity index (χ1v) is 12.3. The molecule has 6 heteroatoms. The molecule has 1 amide bonds. The number of nitrogens with one attached hydrogen (secondary N) is 1. The molecule has 162 valence electrons. The van der Waals surface area contributed by atoms with Crippen LogP contribution in [0.2, 0.25) is 0 Å². The summed E-state index contributed by atoms with van der Waals surface area (Å²) in [4.78, 5) is 13.2. The standard InChI is InChI=1S/C24H32N2O3S/c1-4-20-10-12-21(13-11-20)19(3)25-24(27)23-17-22(14-9-18(23)2)30(28,29)26-15-7-5-6-8-16-26/h9-14,17,19H,4-8,15-16H2,1-3H3,(H,25,27). The van der Waals surface area contributed by atoms with Gasteiger partial charge in [0, 0.05) is 18.7 Å². The minimum absolute atomic E-state index is 0.173. The van der Waals surface area contributed by atoms with E-state index in [1.165, 1.54) is 11.6 Å². The third-order valence-electron chi connectivity index (χ3n) is 5.89. The molecule has 1 N–H and O–H groups in total. The predicted octanol–water partition coefficient (Wildman–Crippen LogP) is 4.61. The average molecular weight is 429 g/mol. The number of rotatable bonds is 6. The summed E-state index contributed by atoms with van der Waals surface area (Å²) in [5, 5.41) is 3.01. The quantitative estimate of drug-likeness (QED) is 0.730. The number of benzene rings is 2. The van der Waals surface area contributed by atoms with Gasteiger partial charge >= 0.3 is 0 Å². The number of hydrogen-bond acceptors (Lipinski definition) is 3. The lowest BCUT2D eigenvalue weighted by Gasteiger charge is -2.21. The minimum atomic E-state index is -3.59. The van der Waals surface area contributed by atoms with Crippen LogP contribution in [-0.2, 0) is 16.4 Å². The van der Waals surface area contributed by atoms with Crippen LogP contribution in [0.1, 0.15) is 72.6 Å². The van der Waals surface area contributed by atoms with Gasteiger partial charge in [-0.15, -0.1) is 0 Å². The summed E-state index contributed by atoms with van der Waals surface area (Å²) in [7, 11) is -3.59. The lowest BCUT2D eigenvalue weighted by atomic mass is 10.0. The van der Waals surface area contributed by atoms with Crippen LogP contribution in [0.25, 0.3) is 0 Å². The third kappa shape index (κ3) is 5.10. The molecule has 0 saturated carbocycles. The van der Waals surface area contributed by atoms with Gasteiger partial charge in [0.1, 0.15) is 0 Å². The molecule has 1 unspecified atom stereocenters. The van der Waals surface area contributed by atoms with E-state index in [9.17, 15) is 13.2 Å². The van der Waals surface area contributed by atoms with E-state index in [2.05, 4.69) is 24.4 Å². The molecular formula is C24H32N2O3S. The fourth-order valence-electron chi connectivity index (χ4n) is 3.84. The van der Waals surface area contributed by atoms with Crippen LogP contribution in [0.15, 0.2) is 47.4 Å². The maximum Gasteiger partial charge on any atom is 0.252 e. The fourth-order valence-corrected chi connectivity index (χ4v) is 5.38. The summed E-state index contributed by atoms with van der Waals surface area (Å²) >= 11 is 0. The van der Waals surface area contributed by atoms with Gasteiger partial charge in [-0.2, -0.15) is 4.31 Å². The van der Waals surface area contributed by atoms with E-state index in [1.54, 1.807) is 16.4 Å². The van der Waals surface area contributed by atoms with Gasteiger partial charge in [0.05, 0.1) is 10.9 Å². The molecule has 0 radical (unpaired) electrons. The number of sulfonamides is 1. The molecule has 0 aromatic heterocycles. The Morgan fingerprint density at radius 2 is 1.67 bits per heavy atom. The van der Waals surface area contributed by atoms with E-state index < -0.39 is 10.0 Å². The molecule has 1 atom stereocenters. The molecule has 0 spiro atoms. The molecule has 5 nitrogen and oxygen atoms in total. The highest BCUT2D eigenvalue weighted by molar-refractivity contribution is 7.89. The molecule has 1 aliphatic heterocycles. The Morgan fingerprint density at radius 1 is 1.03 bits per heavy atom. The number of aryl methyl sites for hydroxylation is 2. The van der Waals surface area contributed by atoms with Crippen molar-refractivity contribution >= 4 is 15.9 Å². The van der Waals surface area contributed by atoms with Crippen molar-refractivity contribution in [3.8, 4) is 0 Å². The summed E-state index contributed by atoms with van der Waals surface area (Å²) in [6, 6.07) is 12.9. The van der Waals surface area contributed by atoms with E-state index in [1.807, 2.05) is 26.0 Å². The Hall–Kier alpha value is -2.18. The van der Waals surface area contributed by atoms with Crippen molar-refractivity contribution in [3.63, 3.8) is 0 Å². The highest BCUT2D eigenvalue weighted by Crippen LogP contribution is 2.23. The molecule has 1 saturated heterocycles.